The highest BCUT2D eigenvalue weighted by Gasteiger charge is 2.31. The quantitative estimate of drug-likeness (QED) is 0.739. The number of fused-ring (bicyclic) bond motifs is 1. The van der Waals surface area contributed by atoms with Gasteiger partial charge >= 0.3 is 11.9 Å². The zero-order chi connectivity index (χ0) is 11.0. The zero-order valence-electron chi connectivity index (χ0n) is 7.89. The summed E-state index contributed by atoms with van der Waals surface area (Å²) in [6.45, 7) is 0. The van der Waals surface area contributed by atoms with Crippen LogP contribution in [0.15, 0.2) is 18.2 Å². The molecule has 0 fully saturated rings. The maximum Gasteiger partial charge on any atom is 0.341 e. The molecule has 5 heteroatoms. The smallest absolute Gasteiger partial charge is 0.341 e. The van der Waals surface area contributed by atoms with Crippen LogP contribution in [0.3, 0.4) is 0 Å². The molecule has 15 heavy (non-hydrogen) atoms. The first kappa shape index (κ1) is 9.67. The molecule has 1 aromatic carbocycles. The molecule has 0 saturated heterocycles. The number of cyclic esters (lactones) is 1. The lowest BCUT2D eigenvalue weighted by atomic mass is 10.1. The number of hydrogen-bond acceptors (Lipinski definition) is 4. The van der Waals surface area contributed by atoms with Crippen molar-refractivity contribution in [2.24, 2.45) is 0 Å². The minimum atomic E-state index is -1.08. The van der Waals surface area contributed by atoms with Gasteiger partial charge in [-0.1, -0.05) is 6.07 Å². The number of esters is 1. The van der Waals surface area contributed by atoms with E-state index in [4.69, 9.17) is 14.6 Å². The highest BCUT2D eigenvalue weighted by Crippen LogP contribution is 2.31. The molecule has 78 valence electrons. The van der Waals surface area contributed by atoms with Crippen molar-refractivity contribution in [1.29, 1.82) is 0 Å². The van der Waals surface area contributed by atoms with Gasteiger partial charge in [0.25, 0.3) is 0 Å². The third-order valence-corrected chi connectivity index (χ3v) is 2.20. The van der Waals surface area contributed by atoms with Crippen molar-refractivity contribution < 1.29 is 24.2 Å². The van der Waals surface area contributed by atoms with Gasteiger partial charge < -0.3 is 14.6 Å². The van der Waals surface area contributed by atoms with Crippen molar-refractivity contribution in [1.82, 2.24) is 0 Å². The fourth-order valence-electron chi connectivity index (χ4n) is 1.47. The Morgan fingerprint density at radius 3 is 2.87 bits per heavy atom. The highest BCUT2D eigenvalue weighted by molar-refractivity contribution is 5.97. The van der Waals surface area contributed by atoms with Gasteiger partial charge in [-0.15, -0.1) is 0 Å². The van der Waals surface area contributed by atoms with Crippen LogP contribution >= 0.6 is 0 Å². The summed E-state index contributed by atoms with van der Waals surface area (Å²) in [5.41, 5.74) is 0.872. The Morgan fingerprint density at radius 2 is 2.27 bits per heavy atom. The molecule has 0 aromatic heterocycles. The minimum absolute atomic E-state index is 0.0578. The average molecular weight is 208 g/mol. The van der Waals surface area contributed by atoms with E-state index in [1.54, 1.807) is 0 Å². The van der Waals surface area contributed by atoms with E-state index in [1.807, 2.05) is 0 Å². The topological polar surface area (TPSA) is 72.8 Å². The fourth-order valence-corrected chi connectivity index (χ4v) is 1.47. The van der Waals surface area contributed by atoms with E-state index < -0.39 is 18.2 Å². The van der Waals surface area contributed by atoms with Gasteiger partial charge in [-0.3, -0.25) is 0 Å². The third kappa shape index (κ3) is 1.46. The van der Waals surface area contributed by atoms with E-state index in [1.165, 1.54) is 25.3 Å². The maximum absolute atomic E-state index is 11.3. The Hall–Kier alpha value is -1.88. The molecule has 1 aliphatic rings. The molecule has 1 unspecified atom stereocenters. The predicted octanol–water partition coefficient (Wildman–Crippen LogP) is 1.20. The SMILES string of the molecule is COC1OC(=O)c2cc(C(=O)O)ccc21. The van der Waals surface area contributed by atoms with Crippen molar-refractivity contribution in [2.45, 2.75) is 6.29 Å². The van der Waals surface area contributed by atoms with Crippen molar-refractivity contribution in [3.8, 4) is 0 Å². The summed E-state index contributed by atoms with van der Waals surface area (Å²) < 4.78 is 9.78. The molecule has 1 aromatic rings. The lowest BCUT2D eigenvalue weighted by Gasteiger charge is -2.06. The summed E-state index contributed by atoms with van der Waals surface area (Å²) in [6, 6.07) is 4.23. The van der Waals surface area contributed by atoms with E-state index >= 15 is 0 Å². The van der Waals surface area contributed by atoms with Crippen LogP contribution < -0.4 is 0 Å². The lowest BCUT2D eigenvalue weighted by Crippen LogP contribution is -2.00. The number of aromatic carboxylic acids is 1. The second-order valence-corrected chi connectivity index (χ2v) is 3.08. The first-order valence-electron chi connectivity index (χ1n) is 4.24. The molecule has 2 rings (SSSR count). The molecule has 5 nitrogen and oxygen atoms in total. The Bertz CT molecular complexity index is 437. The van der Waals surface area contributed by atoms with E-state index in [9.17, 15) is 9.59 Å². The van der Waals surface area contributed by atoms with Gasteiger partial charge in [-0.25, -0.2) is 9.59 Å². The van der Waals surface area contributed by atoms with E-state index in [0.717, 1.165) is 0 Å². The van der Waals surface area contributed by atoms with E-state index in [2.05, 4.69) is 0 Å². The van der Waals surface area contributed by atoms with Gasteiger partial charge in [-0.2, -0.15) is 0 Å². The van der Waals surface area contributed by atoms with Crippen LogP contribution in [-0.2, 0) is 9.47 Å². The monoisotopic (exact) mass is 208 g/mol. The number of carboxylic acids is 1. The Morgan fingerprint density at radius 1 is 1.53 bits per heavy atom. The van der Waals surface area contributed by atoms with E-state index in [-0.39, 0.29) is 11.1 Å². The first-order valence-corrected chi connectivity index (χ1v) is 4.24. The van der Waals surface area contributed by atoms with Crippen LogP contribution in [0.4, 0.5) is 0 Å². The Labute approximate surface area is 85.2 Å². The number of carbonyl (C=O) groups is 2. The van der Waals surface area contributed by atoms with Crippen LogP contribution in [-0.4, -0.2) is 24.2 Å². The highest BCUT2D eigenvalue weighted by atomic mass is 16.7. The van der Waals surface area contributed by atoms with Gasteiger partial charge in [0.15, 0.2) is 0 Å². The van der Waals surface area contributed by atoms with Gasteiger partial charge in [0, 0.05) is 12.7 Å². The summed E-state index contributed by atoms with van der Waals surface area (Å²) in [7, 11) is 1.41. The second kappa shape index (κ2) is 3.36. The molecule has 0 radical (unpaired) electrons. The predicted molar refractivity (Wildman–Crippen MR) is 48.6 cm³/mol. The normalized spacial score (nSPS) is 18.5. The summed E-state index contributed by atoms with van der Waals surface area (Å²) in [5, 5.41) is 8.74. The molecular formula is C10H8O5. The Kier molecular flexibility index (Phi) is 2.17. The zero-order valence-corrected chi connectivity index (χ0v) is 7.89. The third-order valence-electron chi connectivity index (χ3n) is 2.20. The molecule has 0 saturated carbocycles. The van der Waals surface area contributed by atoms with Crippen LogP contribution in [0.2, 0.25) is 0 Å². The summed E-state index contributed by atoms with van der Waals surface area (Å²) >= 11 is 0. The lowest BCUT2D eigenvalue weighted by molar-refractivity contribution is -0.0815. The maximum atomic E-state index is 11.3. The molecule has 0 bridgehead atoms. The van der Waals surface area contributed by atoms with Crippen LogP contribution in [0, 0.1) is 0 Å². The average Bonchev–Trinajstić information content (AvgIpc) is 2.55. The number of rotatable bonds is 2. The molecule has 1 heterocycles. The van der Waals surface area contributed by atoms with Crippen molar-refractivity contribution in [2.75, 3.05) is 7.11 Å². The minimum Gasteiger partial charge on any atom is -0.478 e. The van der Waals surface area contributed by atoms with Crippen molar-refractivity contribution in [3.05, 3.63) is 34.9 Å². The number of benzene rings is 1. The van der Waals surface area contributed by atoms with Crippen molar-refractivity contribution in [3.63, 3.8) is 0 Å². The van der Waals surface area contributed by atoms with Crippen LogP contribution in [0.1, 0.15) is 32.6 Å². The van der Waals surface area contributed by atoms with Gasteiger partial charge in [-0.05, 0) is 12.1 Å². The van der Waals surface area contributed by atoms with Gasteiger partial charge in [0.1, 0.15) is 0 Å². The van der Waals surface area contributed by atoms with Gasteiger partial charge in [0.05, 0.1) is 11.1 Å². The van der Waals surface area contributed by atoms with E-state index in [0.29, 0.717) is 5.56 Å². The number of carboxylic acid groups (broad SMARTS) is 1. The fraction of sp³-hybridized carbons (Fsp3) is 0.200. The molecule has 0 aliphatic carbocycles. The molecule has 0 spiro atoms. The van der Waals surface area contributed by atoms with Crippen LogP contribution in [0.5, 0.6) is 0 Å². The van der Waals surface area contributed by atoms with Crippen molar-refractivity contribution >= 4 is 11.9 Å². The number of hydrogen-bond donors (Lipinski definition) is 1. The summed E-state index contributed by atoms with van der Waals surface area (Å²) in [6.07, 6.45) is -0.727. The second-order valence-electron chi connectivity index (χ2n) is 3.08. The summed E-state index contributed by atoms with van der Waals surface area (Å²) in [4.78, 5) is 22.0. The molecule has 1 atom stereocenters. The largest absolute Gasteiger partial charge is 0.478 e. The Balaban J connectivity index is 2.50. The van der Waals surface area contributed by atoms with Gasteiger partial charge in [0.2, 0.25) is 6.29 Å². The standard InChI is InChI=1S/C10H8O5/c1-14-10-6-3-2-5(8(11)12)4-7(6)9(13)15-10/h2-4,10H,1H3,(H,11,12). The molecule has 1 aliphatic heterocycles. The first-order chi connectivity index (χ1) is 7.13. The molecular weight excluding hydrogens is 200 g/mol. The number of carbonyl (C=O) groups excluding carboxylic acids is 1. The number of ether oxygens (including phenoxy) is 2. The summed E-state index contributed by atoms with van der Waals surface area (Å²) in [5.74, 6) is -1.63. The van der Waals surface area contributed by atoms with Crippen LogP contribution in [0.25, 0.3) is 0 Å². The number of methoxy groups -OCH3 is 1. The molecule has 0 amide bonds. The molecule has 1 N–H and O–H groups in total.